The second-order valence-corrected chi connectivity index (χ2v) is 3.04. The van der Waals surface area contributed by atoms with Crippen molar-refractivity contribution in [3.63, 3.8) is 0 Å². The summed E-state index contributed by atoms with van der Waals surface area (Å²) in [5.41, 5.74) is 6.67. The minimum atomic E-state index is 0.0773. The van der Waals surface area contributed by atoms with E-state index in [1.807, 2.05) is 30.3 Å². The van der Waals surface area contributed by atoms with Gasteiger partial charge < -0.3 is 10.5 Å². The van der Waals surface area contributed by atoms with Crippen molar-refractivity contribution in [2.45, 2.75) is 6.10 Å². The highest BCUT2D eigenvalue weighted by Crippen LogP contribution is 2.19. The number of nitrogens with two attached hydrogens (primary N) is 1. The summed E-state index contributed by atoms with van der Waals surface area (Å²) in [4.78, 5) is 4.16. The van der Waals surface area contributed by atoms with Crippen LogP contribution in [-0.2, 0) is 4.74 Å². The monoisotopic (exact) mass is 176 g/mol. The lowest BCUT2D eigenvalue weighted by Gasteiger charge is -2.20. The van der Waals surface area contributed by atoms with Crippen molar-refractivity contribution >= 4 is 5.84 Å². The van der Waals surface area contributed by atoms with Gasteiger partial charge >= 0.3 is 0 Å². The quantitative estimate of drug-likeness (QED) is 0.696. The zero-order valence-corrected chi connectivity index (χ0v) is 7.31. The summed E-state index contributed by atoms with van der Waals surface area (Å²) in [6, 6.07) is 10.1. The third-order valence-corrected chi connectivity index (χ3v) is 2.06. The number of benzene rings is 1. The van der Waals surface area contributed by atoms with Crippen LogP contribution in [0.25, 0.3) is 0 Å². The molecule has 2 N–H and O–H groups in total. The molecule has 1 aromatic carbocycles. The van der Waals surface area contributed by atoms with Gasteiger partial charge in [-0.3, -0.25) is 4.99 Å². The first-order chi connectivity index (χ1) is 6.36. The highest BCUT2D eigenvalue weighted by atomic mass is 16.5. The van der Waals surface area contributed by atoms with Crippen molar-refractivity contribution in [2.75, 3.05) is 13.2 Å². The van der Waals surface area contributed by atoms with Gasteiger partial charge in [0.1, 0.15) is 18.5 Å². The van der Waals surface area contributed by atoms with E-state index in [0.717, 1.165) is 0 Å². The lowest BCUT2D eigenvalue weighted by molar-refractivity contribution is 0.0790. The number of amidine groups is 1. The van der Waals surface area contributed by atoms with Gasteiger partial charge in [-0.2, -0.15) is 0 Å². The molecule has 0 fully saturated rings. The van der Waals surface area contributed by atoms with Gasteiger partial charge in [0.05, 0.1) is 6.54 Å². The Labute approximate surface area is 77.2 Å². The molecule has 1 aromatic rings. The molecule has 0 saturated heterocycles. The van der Waals surface area contributed by atoms with Gasteiger partial charge in [-0.25, -0.2) is 0 Å². The van der Waals surface area contributed by atoms with Crippen LogP contribution >= 0.6 is 0 Å². The first-order valence-electron chi connectivity index (χ1n) is 4.31. The number of nitrogens with zero attached hydrogens (tertiary/aromatic N) is 1. The van der Waals surface area contributed by atoms with E-state index in [4.69, 9.17) is 10.5 Å². The Kier molecular flexibility index (Phi) is 2.27. The Balaban J connectivity index is 2.12. The Hall–Kier alpha value is -1.35. The van der Waals surface area contributed by atoms with Crippen LogP contribution in [0.1, 0.15) is 11.7 Å². The fourth-order valence-electron chi connectivity index (χ4n) is 1.35. The summed E-state index contributed by atoms with van der Waals surface area (Å²) in [7, 11) is 0. The van der Waals surface area contributed by atoms with E-state index in [1.54, 1.807) is 0 Å². The highest BCUT2D eigenvalue weighted by molar-refractivity contribution is 5.82. The average molecular weight is 176 g/mol. The van der Waals surface area contributed by atoms with Gasteiger partial charge in [-0.05, 0) is 5.56 Å². The molecule has 0 radical (unpaired) electrons. The van der Waals surface area contributed by atoms with Crippen LogP contribution in [-0.4, -0.2) is 19.0 Å². The first kappa shape index (κ1) is 8.26. The molecule has 1 atom stereocenters. The molecule has 0 amide bonds. The minimum absolute atomic E-state index is 0.0773. The van der Waals surface area contributed by atoms with Crippen molar-refractivity contribution < 1.29 is 4.74 Å². The molecule has 3 nitrogen and oxygen atoms in total. The van der Waals surface area contributed by atoms with E-state index in [2.05, 4.69) is 4.99 Å². The van der Waals surface area contributed by atoms with Crippen LogP contribution < -0.4 is 5.73 Å². The fraction of sp³-hybridized carbons (Fsp3) is 0.300. The summed E-state index contributed by atoms with van der Waals surface area (Å²) in [6.45, 7) is 1.08. The second kappa shape index (κ2) is 3.58. The lowest BCUT2D eigenvalue weighted by atomic mass is 10.1. The number of ether oxygens (including phenoxy) is 1. The van der Waals surface area contributed by atoms with Crippen LogP contribution in [0.15, 0.2) is 35.3 Å². The van der Waals surface area contributed by atoms with Gasteiger partial charge in [0, 0.05) is 0 Å². The molecule has 1 unspecified atom stereocenters. The SMILES string of the molecule is NC1=NCC(c2ccccc2)OC1. The van der Waals surface area contributed by atoms with Crippen LogP contribution in [0.2, 0.25) is 0 Å². The molecule has 1 aliphatic rings. The summed E-state index contributed by atoms with van der Waals surface area (Å²) >= 11 is 0. The zero-order valence-electron chi connectivity index (χ0n) is 7.31. The fourth-order valence-corrected chi connectivity index (χ4v) is 1.35. The Bertz CT molecular complexity index is 308. The van der Waals surface area contributed by atoms with Crippen molar-refractivity contribution in [1.29, 1.82) is 0 Å². The van der Waals surface area contributed by atoms with Crippen LogP contribution in [0.5, 0.6) is 0 Å². The topological polar surface area (TPSA) is 47.6 Å². The molecule has 2 rings (SSSR count). The van der Waals surface area contributed by atoms with Crippen molar-refractivity contribution in [2.24, 2.45) is 10.7 Å². The molecule has 3 heteroatoms. The van der Waals surface area contributed by atoms with Gasteiger partial charge in [0.25, 0.3) is 0 Å². The van der Waals surface area contributed by atoms with Crippen molar-refractivity contribution in [1.82, 2.24) is 0 Å². The molecule has 1 heterocycles. The van der Waals surface area contributed by atoms with E-state index >= 15 is 0 Å². The van der Waals surface area contributed by atoms with Crippen LogP contribution in [0.3, 0.4) is 0 Å². The molecule has 0 bridgehead atoms. The highest BCUT2D eigenvalue weighted by Gasteiger charge is 2.15. The average Bonchev–Trinajstić information content (AvgIpc) is 2.20. The number of hydrogen-bond acceptors (Lipinski definition) is 3. The molecule has 0 aliphatic carbocycles. The molecular weight excluding hydrogens is 164 g/mol. The summed E-state index contributed by atoms with van der Waals surface area (Å²) in [6.07, 6.45) is 0.0773. The molecule has 1 aliphatic heterocycles. The van der Waals surface area contributed by atoms with E-state index in [1.165, 1.54) is 5.56 Å². The minimum Gasteiger partial charge on any atom is -0.386 e. The molecule has 68 valence electrons. The maximum Gasteiger partial charge on any atom is 0.120 e. The van der Waals surface area contributed by atoms with E-state index < -0.39 is 0 Å². The largest absolute Gasteiger partial charge is 0.386 e. The lowest BCUT2D eigenvalue weighted by Crippen LogP contribution is -2.27. The summed E-state index contributed by atoms with van der Waals surface area (Å²) in [5.74, 6) is 0.590. The van der Waals surface area contributed by atoms with Gasteiger partial charge in [0.15, 0.2) is 0 Å². The standard InChI is InChI=1S/C10H12N2O/c11-10-7-13-9(6-12-10)8-4-2-1-3-5-8/h1-5,9H,6-7H2,(H2,11,12). The summed E-state index contributed by atoms with van der Waals surface area (Å²) in [5, 5.41) is 0. The number of aliphatic imine (C=N–C) groups is 1. The molecule has 0 spiro atoms. The van der Waals surface area contributed by atoms with Crippen LogP contribution in [0.4, 0.5) is 0 Å². The smallest absolute Gasteiger partial charge is 0.120 e. The van der Waals surface area contributed by atoms with E-state index in [0.29, 0.717) is 19.0 Å². The molecule has 0 aromatic heterocycles. The van der Waals surface area contributed by atoms with E-state index in [-0.39, 0.29) is 6.10 Å². The molecular formula is C10H12N2O. The first-order valence-corrected chi connectivity index (χ1v) is 4.31. The summed E-state index contributed by atoms with van der Waals surface area (Å²) < 4.78 is 5.52. The van der Waals surface area contributed by atoms with Gasteiger partial charge in [0.2, 0.25) is 0 Å². The Morgan fingerprint density at radius 3 is 2.69 bits per heavy atom. The predicted molar refractivity (Wildman–Crippen MR) is 51.6 cm³/mol. The molecule has 13 heavy (non-hydrogen) atoms. The third kappa shape index (κ3) is 1.87. The Morgan fingerprint density at radius 1 is 1.31 bits per heavy atom. The van der Waals surface area contributed by atoms with E-state index in [9.17, 15) is 0 Å². The van der Waals surface area contributed by atoms with Gasteiger partial charge in [-0.15, -0.1) is 0 Å². The predicted octanol–water partition coefficient (Wildman–Crippen LogP) is 1.12. The third-order valence-electron chi connectivity index (χ3n) is 2.06. The number of rotatable bonds is 1. The maximum atomic E-state index is 5.52. The second-order valence-electron chi connectivity index (χ2n) is 3.04. The van der Waals surface area contributed by atoms with Crippen molar-refractivity contribution in [3.8, 4) is 0 Å². The zero-order chi connectivity index (χ0) is 9.10. The van der Waals surface area contributed by atoms with Crippen LogP contribution in [0, 0.1) is 0 Å². The molecule has 0 saturated carbocycles. The number of hydrogen-bond donors (Lipinski definition) is 1. The Morgan fingerprint density at radius 2 is 2.08 bits per heavy atom. The maximum absolute atomic E-state index is 5.52. The van der Waals surface area contributed by atoms with Gasteiger partial charge in [-0.1, -0.05) is 30.3 Å². The normalized spacial score (nSPS) is 22.5. The van der Waals surface area contributed by atoms with Crippen molar-refractivity contribution in [3.05, 3.63) is 35.9 Å².